The highest BCUT2D eigenvalue weighted by molar-refractivity contribution is 4.96. The van der Waals surface area contributed by atoms with E-state index >= 15 is 0 Å². The van der Waals surface area contributed by atoms with E-state index in [2.05, 4.69) is 6.92 Å². The van der Waals surface area contributed by atoms with Gasteiger partial charge in [-0.3, -0.25) is 0 Å². The van der Waals surface area contributed by atoms with E-state index < -0.39 is 0 Å². The van der Waals surface area contributed by atoms with Gasteiger partial charge in [0.05, 0.1) is 0 Å². The van der Waals surface area contributed by atoms with Crippen LogP contribution in [0.25, 0.3) is 0 Å². The summed E-state index contributed by atoms with van der Waals surface area (Å²) in [7, 11) is 0. The summed E-state index contributed by atoms with van der Waals surface area (Å²) in [4.78, 5) is 0. The standard InChI is InChI=1S/C8H15N/c1-5-6-2-3-7(4-6)8(5)9/h5-8H,2-4,9H2,1H3/t5-,6-,7+,8-/m1/s1. The van der Waals surface area contributed by atoms with Crippen molar-refractivity contribution >= 4 is 0 Å². The highest BCUT2D eigenvalue weighted by Gasteiger charge is 2.42. The van der Waals surface area contributed by atoms with Crippen LogP contribution in [0.5, 0.6) is 0 Å². The average molecular weight is 125 g/mol. The molecule has 0 spiro atoms. The molecule has 2 rings (SSSR count). The molecule has 4 atom stereocenters. The van der Waals surface area contributed by atoms with Gasteiger partial charge in [-0.2, -0.15) is 0 Å². The van der Waals surface area contributed by atoms with Crippen molar-refractivity contribution in [3.05, 3.63) is 0 Å². The molecule has 0 aromatic rings. The van der Waals surface area contributed by atoms with Crippen LogP contribution in [0.4, 0.5) is 0 Å². The Kier molecular flexibility index (Phi) is 1.10. The fourth-order valence-electron chi connectivity index (χ4n) is 2.62. The highest BCUT2D eigenvalue weighted by atomic mass is 14.7. The molecule has 2 aliphatic rings. The maximum Gasteiger partial charge on any atom is 0.00957 e. The van der Waals surface area contributed by atoms with Crippen molar-refractivity contribution in [3.8, 4) is 0 Å². The summed E-state index contributed by atoms with van der Waals surface area (Å²) >= 11 is 0. The van der Waals surface area contributed by atoms with E-state index in [1.165, 1.54) is 19.3 Å². The van der Waals surface area contributed by atoms with Crippen molar-refractivity contribution in [2.24, 2.45) is 23.5 Å². The van der Waals surface area contributed by atoms with Gasteiger partial charge in [0.1, 0.15) is 0 Å². The number of rotatable bonds is 0. The molecule has 0 saturated heterocycles. The molecular formula is C8H15N. The molecule has 0 radical (unpaired) electrons. The molecule has 9 heavy (non-hydrogen) atoms. The predicted octanol–water partition coefficient (Wildman–Crippen LogP) is 1.38. The van der Waals surface area contributed by atoms with E-state index in [4.69, 9.17) is 5.73 Å². The van der Waals surface area contributed by atoms with Gasteiger partial charge in [0.25, 0.3) is 0 Å². The van der Waals surface area contributed by atoms with Gasteiger partial charge in [-0.15, -0.1) is 0 Å². The molecule has 2 aliphatic carbocycles. The van der Waals surface area contributed by atoms with Gasteiger partial charge < -0.3 is 5.73 Å². The summed E-state index contributed by atoms with van der Waals surface area (Å²) in [5, 5.41) is 0. The summed E-state index contributed by atoms with van der Waals surface area (Å²) in [6, 6.07) is 0.545. The van der Waals surface area contributed by atoms with Gasteiger partial charge in [0.15, 0.2) is 0 Å². The molecule has 2 fully saturated rings. The van der Waals surface area contributed by atoms with Crippen molar-refractivity contribution in [1.29, 1.82) is 0 Å². The van der Waals surface area contributed by atoms with E-state index in [1.54, 1.807) is 0 Å². The Balaban J connectivity index is 2.15. The number of hydrogen-bond acceptors (Lipinski definition) is 1. The Labute approximate surface area is 56.6 Å². The normalized spacial score (nSPS) is 56.7. The topological polar surface area (TPSA) is 26.0 Å². The molecule has 1 nitrogen and oxygen atoms in total. The van der Waals surface area contributed by atoms with Crippen LogP contribution >= 0.6 is 0 Å². The van der Waals surface area contributed by atoms with Gasteiger partial charge in [-0.1, -0.05) is 6.92 Å². The molecule has 0 aromatic heterocycles. The molecule has 2 bridgehead atoms. The minimum Gasteiger partial charge on any atom is -0.327 e. The fraction of sp³-hybridized carbons (Fsp3) is 1.00. The lowest BCUT2D eigenvalue weighted by molar-refractivity contribution is 0.312. The van der Waals surface area contributed by atoms with Crippen LogP contribution in [0.15, 0.2) is 0 Å². The third-order valence-electron chi connectivity index (χ3n) is 3.41. The van der Waals surface area contributed by atoms with Crippen LogP contribution < -0.4 is 5.73 Å². The van der Waals surface area contributed by atoms with E-state index in [1.807, 2.05) is 0 Å². The van der Waals surface area contributed by atoms with Crippen molar-refractivity contribution in [3.63, 3.8) is 0 Å². The molecule has 0 amide bonds. The van der Waals surface area contributed by atoms with Crippen molar-refractivity contribution in [2.45, 2.75) is 32.2 Å². The molecule has 52 valence electrons. The zero-order valence-corrected chi connectivity index (χ0v) is 6.01. The highest BCUT2D eigenvalue weighted by Crippen LogP contribution is 2.47. The maximum atomic E-state index is 5.96. The van der Waals surface area contributed by atoms with Crippen LogP contribution in [0.2, 0.25) is 0 Å². The molecule has 1 heteroatoms. The summed E-state index contributed by atoms with van der Waals surface area (Å²) in [6.07, 6.45) is 4.30. The van der Waals surface area contributed by atoms with Crippen LogP contribution in [-0.4, -0.2) is 6.04 Å². The van der Waals surface area contributed by atoms with Gasteiger partial charge in [-0.05, 0) is 37.0 Å². The molecule has 2 N–H and O–H groups in total. The molecular weight excluding hydrogens is 110 g/mol. The first-order valence-electron chi connectivity index (χ1n) is 4.04. The SMILES string of the molecule is C[C@@H]1[C@@H]2CC[C@@H](C2)[C@@H]1N. The van der Waals surface area contributed by atoms with Crippen molar-refractivity contribution in [1.82, 2.24) is 0 Å². The maximum absolute atomic E-state index is 5.96. The Hall–Kier alpha value is -0.0400. The second-order valence-electron chi connectivity index (χ2n) is 3.77. The van der Waals surface area contributed by atoms with E-state index in [0.717, 1.165) is 17.8 Å². The smallest absolute Gasteiger partial charge is 0.00957 e. The second kappa shape index (κ2) is 1.72. The lowest BCUT2D eigenvalue weighted by Crippen LogP contribution is -2.33. The zero-order valence-electron chi connectivity index (χ0n) is 6.01. The third kappa shape index (κ3) is 0.644. The van der Waals surface area contributed by atoms with E-state index in [-0.39, 0.29) is 0 Å². The number of hydrogen-bond donors (Lipinski definition) is 1. The van der Waals surface area contributed by atoms with Crippen LogP contribution in [0.1, 0.15) is 26.2 Å². The minimum atomic E-state index is 0.545. The molecule has 0 aliphatic heterocycles. The molecule has 0 aromatic carbocycles. The number of nitrogens with two attached hydrogens (primary N) is 1. The van der Waals surface area contributed by atoms with E-state index in [9.17, 15) is 0 Å². The average Bonchev–Trinajstić information content (AvgIpc) is 2.37. The quantitative estimate of drug-likeness (QED) is 0.520. The molecule has 2 saturated carbocycles. The lowest BCUT2D eigenvalue weighted by atomic mass is 9.87. The molecule has 0 heterocycles. The van der Waals surface area contributed by atoms with Gasteiger partial charge >= 0.3 is 0 Å². The molecule has 0 unspecified atom stereocenters. The first-order chi connectivity index (χ1) is 4.29. The van der Waals surface area contributed by atoms with Crippen molar-refractivity contribution in [2.75, 3.05) is 0 Å². The Morgan fingerprint density at radius 1 is 1.22 bits per heavy atom. The van der Waals surface area contributed by atoms with Gasteiger partial charge in [0, 0.05) is 6.04 Å². The minimum absolute atomic E-state index is 0.545. The third-order valence-corrected chi connectivity index (χ3v) is 3.41. The summed E-state index contributed by atoms with van der Waals surface area (Å²) in [5.74, 6) is 2.71. The largest absolute Gasteiger partial charge is 0.327 e. The first kappa shape index (κ1) is 5.72. The first-order valence-corrected chi connectivity index (χ1v) is 4.04. The fourth-order valence-corrected chi connectivity index (χ4v) is 2.62. The lowest BCUT2D eigenvalue weighted by Gasteiger charge is -2.23. The summed E-state index contributed by atoms with van der Waals surface area (Å²) in [6.45, 7) is 2.31. The Morgan fingerprint density at radius 3 is 2.22 bits per heavy atom. The zero-order chi connectivity index (χ0) is 6.43. The van der Waals surface area contributed by atoms with E-state index in [0.29, 0.717) is 6.04 Å². The van der Waals surface area contributed by atoms with Crippen LogP contribution in [0, 0.1) is 17.8 Å². The van der Waals surface area contributed by atoms with Crippen molar-refractivity contribution < 1.29 is 0 Å². The van der Waals surface area contributed by atoms with Gasteiger partial charge in [-0.25, -0.2) is 0 Å². The summed E-state index contributed by atoms with van der Waals surface area (Å²) in [5.41, 5.74) is 5.96. The van der Waals surface area contributed by atoms with Crippen LogP contribution in [0.3, 0.4) is 0 Å². The summed E-state index contributed by atoms with van der Waals surface area (Å²) < 4.78 is 0. The Bertz CT molecular complexity index is 104. The van der Waals surface area contributed by atoms with Crippen LogP contribution in [-0.2, 0) is 0 Å². The van der Waals surface area contributed by atoms with Gasteiger partial charge in [0.2, 0.25) is 0 Å². The monoisotopic (exact) mass is 125 g/mol. The number of fused-ring (bicyclic) bond motifs is 2. The predicted molar refractivity (Wildman–Crippen MR) is 38.0 cm³/mol. The second-order valence-corrected chi connectivity index (χ2v) is 3.77. The Morgan fingerprint density at radius 2 is 1.89 bits per heavy atom.